The molecule has 0 atom stereocenters. The number of nitrogens with zero attached hydrogens (tertiary/aromatic N) is 1. The van der Waals surface area contributed by atoms with Crippen LogP contribution in [0, 0.1) is 0 Å². The third-order valence-corrected chi connectivity index (χ3v) is 3.27. The molecule has 2 rings (SSSR count). The predicted molar refractivity (Wildman–Crippen MR) is 94.5 cm³/mol. The highest BCUT2D eigenvalue weighted by Gasteiger charge is 2.03. The van der Waals surface area contributed by atoms with Crippen molar-refractivity contribution in [3.8, 4) is 5.75 Å². The molecule has 5 nitrogen and oxygen atoms in total. The van der Waals surface area contributed by atoms with E-state index in [1.807, 2.05) is 36.4 Å². The minimum atomic E-state index is -0.388. The van der Waals surface area contributed by atoms with Crippen LogP contribution in [0.15, 0.2) is 53.6 Å². The second-order valence-electron chi connectivity index (χ2n) is 4.89. The summed E-state index contributed by atoms with van der Waals surface area (Å²) in [5.41, 5.74) is 4.91. The Bertz CT molecular complexity index is 687. The Hall–Kier alpha value is -2.53. The van der Waals surface area contributed by atoms with Gasteiger partial charge in [-0.3, -0.25) is 0 Å². The van der Waals surface area contributed by atoms with Gasteiger partial charge in [0.25, 0.3) is 0 Å². The zero-order valence-electron chi connectivity index (χ0n) is 13.4. The normalized spacial score (nSPS) is 10.6. The van der Waals surface area contributed by atoms with Gasteiger partial charge in [-0.25, -0.2) is 4.79 Å². The van der Waals surface area contributed by atoms with E-state index in [9.17, 15) is 4.79 Å². The van der Waals surface area contributed by atoms with E-state index in [0.717, 1.165) is 11.1 Å². The van der Waals surface area contributed by atoms with Crippen LogP contribution in [-0.2, 0) is 16.1 Å². The Kier molecular flexibility index (Phi) is 7.11. The second-order valence-corrected chi connectivity index (χ2v) is 5.32. The fraction of sp³-hybridized carbons (Fsp3) is 0.222. The molecule has 1 N–H and O–H groups in total. The quantitative estimate of drug-likeness (QED) is 0.452. The van der Waals surface area contributed by atoms with Gasteiger partial charge in [0.2, 0.25) is 0 Å². The fourth-order valence-corrected chi connectivity index (χ4v) is 2.01. The molecule has 0 aliphatic carbocycles. The summed E-state index contributed by atoms with van der Waals surface area (Å²) in [7, 11) is 0. The molecule has 0 aliphatic heterocycles. The van der Waals surface area contributed by atoms with Gasteiger partial charge in [-0.05, 0) is 42.3 Å². The fourth-order valence-electron chi connectivity index (χ4n) is 1.89. The number of hydrogen-bond donors (Lipinski definition) is 1. The monoisotopic (exact) mass is 346 g/mol. The van der Waals surface area contributed by atoms with Crippen LogP contribution in [0.5, 0.6) is 5.75 Å². The number of carbonyl (C=O) groups excluding carboxylic acids is 1. The molecule has 0 amide bonds. The van der Waals surface area contributed by atoms with E-state index in [1.165, 1.54) is 0 Å². The van der Waals surface area contributed by atoms with Gasteiger partial charge >= 0.3 is 5.97 Å². The van der Waals surface area contributed by atoms with Gasteiger partial charge in [-0.1, -0.05) is 35.9 Å². The van der Waals surface area contributed by atoms with E-state index in [1.54, 1.807) is 25.3 Å². The van der Waals surface area contributed by atoms with Gasteiger partial charge in [0.15, 0.2) is 6.61 Å². The Morgan fingerprint density at radius 1 is 1.25 bits per heavy atom. The van der Waals surface area contributed by atoms with Crippen LogP contribution in [-0.4, -0.2) is 25.4 Å². The highest BCUT2D eigenvalue weighted by Crippen LogP contribution is 2.12. The Morgan fingerprint density at radius 2 is 2.04 bits per heavy atom. The van der Waals surface area contributed by atoms with Crippen LogP contribution in [0.3, 0.4) is 0 Å². The van der Waals surface area contributed by atoms with Gasteiger partial charge in [-0.15, -0.1) is 0 Å². The van der Waals surface area contributed by atoms with Gasteiger partial charge < -0.3 is 14.9 Å². The first-order valence-corrected chi connectivity index (χ1v) is 7.94. The van der Waals surface area contributed by atoms with Crippen LogP contribution in [0.4, 0.5) is 0 Å². The third kappa shape index (κ3) is 6.30. The first-order valence-electron chi connectivity index (χ1n) is 7.56. The largest absolute Gasteiger partial charge is 0.482 e. The maximum absolute atomic E-state index is 11.3. The number of hydrazone groups is 1. The average molecular weight is 347 g/mol. The molecule has 0 fully saturated rings. The molecule has 0 saturated carbocycles. The van der Waals surface area contributed by atoms with Crippen molar-refractivity contribution in [3.05, 3.63) is 64.7 Å². The molecule has 0 aliphatic rings. The molecule has 126 valence electrons. The summed E-state index contributed by atoms with van der Waals surface area (Å²) in [6.45, 7) is 2.59. The highest BCUT2D eigenvalue weighted by molar-refractivity contribution is 6.30. The average Bonchev–Trinajstić information content (AvgIpc) is 2.59. The molecule has 0 saturated heterocycles. The van der Waals surface area contributed by atoms with Gasteiger partial charge in [0, 0.05) is 5.02 Å². The molecular formula is C18H19ClN2O3. The zero-order chi connectivity index (χ0) is 17.2. The van der Waals surface area contributed by atoms with E-state index in [-0.39, 0.29) is 12.6 Å². The molecule has 2 aromatic rings. The van der Waals surface area contributed by atoms with Crippen molar-refractivity contribution in [3.63, 3.8) is 0 Å². The van der Waals surface area contributed by atoms with E-state index >= 15 is 0 Å². The van der Waals surface area contributed by atoms with Crippen molar-refractivity contribution in [1.82, 2.24) is 5.43 Å². The zero-order valence-corrected chi connectivity index (χ0v) is 14.1. The Balaban J connectivity index is 1.82. The highest BCUT2D eigenvalue weighted by atomic mass is 35.5. The van der Waals surface area contributed by atoms with Crippen molar-refractivity contribution in [2.45, 2.75) is 13.5 Å². The maximum Gasteiger partial charge on any atom is 0.344 e. The minimum Gasteiger partial charge on any atom is -0.482 e. The van der Waals surface area contributed by atoms with Crippen molar-refractivity contribution in [2.24, 2.45) is 5.10 Å². The summed E-state index contributed by atoms with van der Waals surface area (Å²) in [6.07, 6.45) is 1.69. The van der Waals surface area contributed by atoms with Crippen LogP contribution < -0.4 is 10.2 Å². The number of ether oxygens (including phenoxy) is 2. The summed E-state index contributed by atoms with van der Waals surface area (Å²) >= 11 is 5.84. The smallest absolute Gasteiger partial charge is 0.344 e. The van der Waals surface area contributed by atoms with Gasteiger partial charge in [0.05, 0.1) is 19.4 Å². The van der Waals surface area contributed by atoms with E-state index < -0.39 is 0 Å². The number of esters is 1. The summed E-state index contributed by atoms with van der Waals surface area (Å²) in [5.74, 6) is 0.200. The number of nitrogens with one attached hydrogen (secondary N) is 1. The van der Waals surface area contributed by atoms with Crippen molar-refractivity contribution in [1.29, 1.82) is 0 Å². The van der Waals surface area contributed by atoms with Crippen LogP contribution in [0.1, 0.15) is 18.1 Å². The lowest BCUT2D eigenvalue weighted by molar-refractivity contribution is -0.145. The predicted octanol–water partition coefficient (Wildman–Crippen LogP) is 3.41. The van der Waals surface area contributed by atoms with Crippen molar-refractivity contribution in [2.75, 3.05) is 13.2 Å². The Morgan fingerprint density at radius 3 is 2.79 bits per heavy atom. The summed E-state index contributed by atoms with van der Waals surface area (Å²) in [4.78, 5) is 11.3. The number of rotatable bonds is 8. The number of benzene rings is 2. The standard InChI is InChI=1S/C18H19ClN2O3/c1-2-23-18(22)13-24-17-5-3-4-15(10-17)12-21-20-11-14-6-8-16(19)9-7-14/h3-10,12,20H,2,11,13H2,1H3/b21-12-. The molecular weight excluding hydrogens is 328 g/mol. The van der Waals surface area contributed by atoms with Crippen molar-refractivity contribution >= 4 is 23.8 Å². The van der Waals surface area contributed by atoms with Gasteiger partial charge in [-0.2, -0.15) is 5.10 Å². The SMILES string of the molecule is CCOC(=O)COc1cccc(/C=N\NCc2ccc(Cl)cc2)c1. The Labute approximate surface area is 146 Å². The first-order chi connectivity index (χ1) is 11.7. The van der Waals surface area contributed by atoms with E-state index in [0.29, 0.717) is 23.9 Å². The van der Waals surface area contributed by atoms with Crippen LogP contribution in [0.25, 0.3) is 0 Å². The first kappa shape index (κ1) is 17.8. The third-order valence-electron chi connectivity index (χ3n) is 3.02. The summed E-state index contributed by atoms with van der Waals surface area (Å²) < 4.78 is 10.2. The molecule has 0 heterocycles. The minimum absolute atomic E-state index is 0.108. The lowest BCUT2D eigenvalue weighted by Gasteiger charge is -2.06. The van der Waals surface area contributed by atoms with Gasteiger partial charge in [0.1, 0.15) is 5.75 Å². The summed E-state index contributed by atoms with van der Waals surface area (Å²) in [5, 5.41) is 4.88. The van der Waals surface area contributed by atoms with Crippen LogP contribution in [0.2, 0.25) is 5.02 Å². The van der Waals surface area contributed by atoms with E-state index in [4.69, 9.17) is 21.1 Å². The second kappa shape index (κ2) is 9.57. The van der Waals surface area contributed by atoms with Crippen LogP contribution >= 0.6 is 11.6 Å². The number of hydrogen-bond acceptors (Lipinski definition) is 5. The number of carbonyl (C=O) groups is 1. The molecule has 0 spiro atoms. The topological polar surface area (TPSA) is 59.9 Å². The van der Waals surface area contributed by atoms with Crippen molar-refractivity contribution < 1.29 is 14.3 Å². The number of halogens is 1. The molecule has 0 radical (unpaired) electrons. The molecule has 2 aromatic carbocycles. The lowest BCUT2D eigenvalue weighted by Crippen LogP contribution is -2.14. The molecule has 6 heteroatoms. The lowest BCUT2D eigenvalue weighted by atomic mass is 10.2. The van der Waals surface area contributed by atoms with E-state index in [2.05, 4.69) is 10.5 Å². The molecule has 0 aromatic heterocycles. The molecule has 0 bridgehead atoms. The molecule has 24 heavy (non-hydrogen) atoms. The molecule has 0 unspecified atom stereocenters. The maximum atomic E-state index is 11.3. The summed E-state index contributed by atoms with van der Waals surface area (Å²) in [6, 6.07) is 14.9.